The number of rotatable bonds is 4. The third kappa shape index (κ3) is 3.74. The Morgan fingerprint density at radius 2 is 1.95 bits per heavy atom. The van der Waals surface area contributed by atoms with Crippen molar-refractivity contribution >= 4 is 29.4 Å². The molecule has 22 heavy (non-hydrogen) atoms. The second kappa shape index (κ2) is 6.74. The molecule has 2 aliphatic rings. The maximum absolute atomic E-state index is 13.2. The molecule has 1 aromatic rings. The fraction of sp³-hybridized carbons (Fsp3) is 0.533. The summed E-state index contributed by atoms with van der Waals surface area (Å²) in [5, 5.41) is 3.25. The number of benzene rings is 1. The van der Waals surface area contributed by atoms with Gasteiger partial charge in [0.05, 0.1) is 0 Å². The topological polar surface area (TPSA) is 29.1 Å². The minimum absolute atomic E-state index is 0.0180. The Hall–Kier alpha value is -0.820. The molecule has 0 spiro atoms. The van der Waals surface area contributed by atoms with E-state index in [1.807, 2.05) is 23.5 Å². The third-order valence-electron chi connectivity index (χ3n) is 3.87. The molecule has 3 rings (SSSR count). The van der Waals surface area contributed by atoms with E-state index in [9.17, 15) is 18.0 Å². The van der Waals surface area contributed by atoms with Gasteiger partial charge in [-0.2, -0.15) is 23.5 Å². The van der Waals surface area contributed by atoms with Crippen LogP contribution in [0.25, 0.3) is 0 Å². The van der Waals surface area contributed by atoms with Crippen molar-refractivity contribution < 1.29 is 18.0 Å². The van der Waals surface area contributed by atoms with E-state index in [1.165, 1.54) is 0 Å². The molecule has 120 valence electrons. The van der Waals surface area contributed by atoms with Crippen LogP contribution in [0.15, 0.2) is 12.1 Å². The molecule has 1 N–H and O–H groups in total. The lowest BCUT2D eigenvalue weighted by Gasteiger charge is -2.20. The molecular formula is C15H16F3NOS2. The van der Waals surface area contributed by atoms with Gasteiger partial charge in [0.1, 0.15) is 0 Å². The summed E-state index contributed by atoms with van der Waals surface area (Å²) >= 11 is 3.68. The van der Waals surface area contributed by atoms with Gasteiger partial charge in [-0.15, -0.1) is 0 Å². The Morgan fingerprint density at radius 3 is 2.59 bits per heavy atom. The summed E-state index contributed by atoms with van der Waals surface area (Å²) in [5.74, 6) is -0.752. The van der Waals surface area contributed by atoms with E-state index in [0.717, 1.165) is 29.4 Å². The van der Waals surface area contributed by atoms with Gasteiger partial charge in [0.25, 0.3) is 0 Å². The average Bonchev–Trinajstić information content (AvgIpc) is 3.24. The summed E-state index contributed by atoms with van der Waals surface area (Å²) in [4.78, 5) is 12.0. The van der Waals surface area contributed by atoms with Crippen molar-refractivity contribution in [2.24, 2.45) is 0 Å². The summed E-state index contributed by atoms with van der Waals surface area (Å²) in [5.41, 5.74) is 0.407. The number of carbonyl (C=O) groups is 1. The van der Waals surface area contributed by atoms with Crippen molar-refractivity contribution in [3.8, 4) is 0 Å². The number of amides is 1. The van der Waals surface area contributed by atoms with Crippen LogP contribution in [-0.4, -0.2) is 34.5 Å². The monoisotopic (exact) mass is 347 g/mol. The van der Waals surface area contributed by atoms with Crippen molar-refractivity contribution in [1.82, 2.24) is 5.32 Å². The van der Waals surface area contributed by atoms with Crippen LogP contribution >= 0.6 is 23.5 Å². The van der Waals surface area contributed by atoms with Gasteiger partial charge >= 0.3 is 0 Å². The van der Waals surface area contributed by atoms with Gasteiger partial charge in [-0.05, 0) is 24.1 Å². The van der Waals surface area contributed by atoms with E-state index >= 15 is 0 Å². The second-order valence-corrected chi connectivity index (χ2v) is 8.14. The lowest BCUT2D eigenvalue weighted by molar-refractivity contribution is -0.121. The van der Waals surface area contributed by atoms with Crippen molar-refractivity contribution in [3.05, 3.63) is 35.1 Å². The molecule has 7 heteroatoms. The fourth-order valence-corrected chi connectivity index (χ4v) is 5.32. The molecule has 1 unspecified atom stereocenters. The number of carbonyl (C=O) groups excluding carboxylic acids is 1. The highest BCUT2D eigenvalue weighted by molar-refractivity contribution is 8.06. The van der Waals surface area contributed by atoms with Crippen LogP contribution < -0.4 is 5.32 Å². The van der Waals surface area contributed by atoms with Gasteiger partial charge in [0, 0.05) is 40.9 Å². The summed E-state index contributed by atoms with van der Waals surface area (Å²) in [7, 11) is 0. The molecule has 1 aliphatic heterocycles. The Morgan fingerprint density at radius 1 is 1.23 bits per heavy atom. The minimum atomic E-state index is -1.45. The lowest BCUT2D eigenvalue weighted by Crippen LogP contribution is -2.30. The van der Waals surface area contributed by atoms with E-state index in [1.54, 1.807) is 0 Å². The van der Waals surface area contributed by atoms with E-state index in [2.05, 4.69) is 5.32 Å². The molecule has 0 bridgehead atoms. The van der Waals surface area contributed by atoms with Crippen LogP contribution in [0.2, 0.25) is 0 Å². The van der Waals surface area contributed by atoms with Crippen LogP contribution in [-0.2, 0) is 4.79 Å². The molecule has 3 atom stereocenters. The molecule has 1 heterocycles. The molecule has 1 saturated heterocycles. The zero-order valence-electron chi connectivity index (χ0n) is 11.8. The molecule has 1 aromatic carbocycles. The summed E-state index contributed by atoms with van der Waals surface area (Å²) in [6.45, 7) is 0. The highest BCUT2D eigenvalue weighted by atomic mass is 32.2. The van der Waals surface area contributed by atoms with E-state index in [-0.39, 0.29) is 17.9 Å². The van der Waals surface area contributed by atoms with Crippen molar-refractivity contribution in [1.29, 1.82) is 0 Å². The number of thioether (sulfide) groups is 2. The molecular weight excluding hydrogens is 331 g/mol. The zero-order chi connectivity index (χ0) is 15.7. The summed E-state index contributed by atoms with van der Waals surface area (Å²) < 4.78 is 39.4. The highest BCUT2D eigenvalue weighted by Crippen LogP contribution is 2.41. The smallest absolute Gasteiger partial charge is 0.221 e. The molecule has 0 aromatic heterocycles. The number of hydrogen-bond acceptors (Lipinski definition) is 3. The number of hydrogen-bond donors (Lipinski definition) is 1. The van der Waals surface area contributed by atoms with Crippen molar-refractivity contribution in [3.63, 3.8) is 0 Å². The molecule has 1 aliphatic carbocycles. The largest absolute Gasteiger partial charge is 0.353 e. The maximum atomic E-state index is 13.2. The average molecular weight is 347 g/mol. The normalized spacial score (nSPS) is 27.5. The molecule has 2 nitrogen and oxygen atoms in total. The highest BCUT2D eigenvalue weighted by Gasteiger charge is 2.40. The maximum Gasteiger partial charge on any atom is 0.221 e. The summed E-state index contributed by atoms with van der Waals surface area (Å²) in [6.07, 6.45) is 1.12. The standard InChI is InChI=1S/C15H16F3NOS2/c16-11-3-8(4-12(17)15(11)18)10-6-13(10)19-14(20)5-9-7-21-1-2-22-9/h3-4,9-10,13H,1-2,5-7H2,(H,19,20)/t9?,10-,13+/m0/s1. The molecule has 2 fully saturated rings. The Labute approximate surface area is 135 Å². The fourth-order valence-electron chi connectivity index (χ4n) is 2.64. The van der Waals surface area contributed by atoms with E-state index in [4.69, 9.17) is 0 Å². The van der Waals surface area contributed by atoms with Crippen LogP contribution in [0.5, 0.6) is 0 Å². The first kappa shape index (κ1) is 16.1. The van der Waals surface area contributed by atoms with E-state index < -0.39 is 17.5 Å². The Bertz CT molecular complexity index is 555. The van der Waals surface area contributed by atoms with E-state index in [0.29, 0.717) is 23.7 Å². The predicted molar refractivity (Wildman–Crippen MR) is 83.8 cm³/mol. The van der Waals surface area contributed by atoms with Gasteiger partial charge in [-0.1, -0.05) is 0 Å². The predicted octanol–water partition coefficient (Wildman–Crippen LogP) is 3.31. The number of nitrogens with one attached hydrogen (secondary N) is 1. The quantitative estimate of drug-likeness (QED) is 0.848. The van der Waals surface area contributed by atoms with Gasteiger partial charge in [-0.3, -0.25) is 4.79 Å². The second-order valence-electron chi connectivity index (χ2n) is 5.59. The van der Waals surface area contributed by atoms with Crippen LogP contribution in [0.4, 0.5) is 13.2 Å². The lowest BCUT2D eigenvalue weighted by atomic mass is 10.1. The first-order valence-electron chi connectivity index (χ1n) is 7.17. The minimum Gasteiger partial charge on any atom is -0.353 e. The van der Waals surface area contributed by atoms with Gasteiger partial charge < -0.3 is 5.32 Å². The van der Waals surface area contributed by atoms with Crippen LogP contribution in [0.3, 0.4) is 0 Å². The Balaban J connectivity index is 1.52. The van der Waals surface area contributed by atoms with Crippen LogP contribution in [0, 0.1) is 17.5 Å². The van der Waals surface area contributed by atoms with Gasteiger partial charge in [0.15, 0.2) is 17.5 Å². The zero-order valence-corrected chi connectivity index (χ0v) is 13.4. The first-order valence-corrected chi connectivity index (χ1v) is 9.38. The first-order chi connectivity index (χ1) is 10.5. The molecule has 0 radical (unpaired) electrons. The van der Waals surface area contributed by atoms with Crippen LogP contribution in [0.1, 0.15) is 24.3 Å². The van der Waals surface area contributed by atoms with Gasteiger partial charge in [0.2, 0.25) is 5.91 Å². The molecule has 1 amide bonds. The van der Waals surface area contributed by atoms with Crippen molar-refractivity contribution in [2.45, 2.75) is 30.1 Å². The SMILES string of the molecule is O=C(CC1CSCCS1)N[C@@H]1C[C@H]1c1cc(F)c(F)c(F)c1. The van der Waals surface area contributed by atoms with Gasteiger partial charge in [-0.25, -0.2) is 13.2 Å². The van der Waals surface area contributed by atoms with Crippen molar-refractivity contribution in [2.75, 3.05) is 17.3 Å². The third-order valence-corrected chi connectivity index (χ3v) is 6.71. The summed E-state index contributed by atoms with van der Waals surface area (Å²) in [6, 6.07) is 1.93. The molecule has 1 saturated carbocycles. The Kier molecular flexibility index (Phi) is 4.92. The number of halogens is 3.